The van der Waals surface area contributed by atoms with Crippen molar-refractivity contribution < 1.29 is 14.0 Å². The number of nitriles is 1. The lowest BCUT2D eigenvalue weighted by Crippen LogP contribution is -2.37. The molecular formula is C17H14FN3O2. The van der Waals surface area contributed by atoms with Crippen LogP contribution in [0.15, 0.2) is 48.5 Å². The van der Waals surface area contributed by atoms with E-state index in [4.69, 9.17) is 5.26 Å². The zero-order chi connectivity index (χ0) is 16.8. The predicted molar refractivity (Wildman–Crippen MR) is 84.2 cm³/mol. The maximum atomic E-state index is 13.8. The Morgan fingerprint density at radius 2 is 1.83 bits per heavy atom. The van der Waals surface area contributed by atoms with Crippen molar-refractivity contribution in [1.82, 2.24) is 0 Å². The molecule has 0 saturated carbocycles. The number of carbonyl (C=O) groups excluding carboxylic acids is 2. The van der Waals surface area contributed by atoms with Crippen LogP contribution in [0.5, 0.6) is 0 Å². The number of nitrogens with one attached hydrogen (secondary N) is 1. The van der Waals surface area contributed by atoms with Crippen molar-refractivity contribution in [3.63, 3.8) is 0 Å². The number of para-hydroxylation sites is 1. The standard InChI is InChI=1S/C17H14FN3O2/c1-12(22)21(16-5-3-2-4-15(16)18)11-17(23)20-14-8-6-13(10-19)7-9-14/h2-9H,11H2,1H3,(H,20,23). The number of rotatable bonds is 4. The Balaban J connectivity index is 2.11. The maximum Gasteiger partial charge on any atom is 0.244 e. The van der Waals surface area contributed by atoms with Gasteiger partial charge in [-0.1, -0.05) is 12.1 Å². The van der Waals surface area contributed by atoms with Crippen LogP contribution < -0.4 is 10.2 Å². The van der Waals surface area contributed by atoms with Crippen LogP contribution in [0.1, 0.15) is 12.5 Å². The molecule has 0 heterocycles. The van der Waals surface area contributed by atoms with Crippen molar-refractivity contribution in [2.45, 2.75) is 6.92 Å². The molecule has 0 aliphatic heterocycles. The average Bonchev–Trinajstić information content (AvgIpc) is 2.54. The molecule has 0 unspecified atom stereocenters. The highest BCUT2D eigenvalue weighted by Gasteiger charge is 2.18. The molecule has 0 atom stereocenters. The predicted octanol–water partition coefficient (Wildman–Crippen LogP) is 2.69. The second-order valence-electron chi connectivity index (χ2n) is 4.79. The third-order valence-electron chi connectivity index (χ3n) is 3.12. The van der Waals surface area contributed by atoms with Crippen LogP contribution >= 0.6 is 0 Å². The Morgan fingerprint density at radius 3 is 2.39 bits per heavy atom. The minimum absolute atomic E-state index is 0.0509. The van der Waals surface area contributed by atoms with Crippen molar-refractivity contribution in [3.05, 3.63) is 59.9 Å². The highest BCUT2D eigenvalue weighted by molar-refractivity contribution is 6.01. The van der Waals surface area contributed by atoms with E-state index in [-0.39, 0.29) is 12.2 Å². The van der Waals surface area contributed by atoms with Crippen molar-refractivity contribution in [3.8, 4) is 6.07 Å². The van der Waals surface area contributed by atoms with Crippen LogP contribution in [0.4, 0.5) is 15.8 Å². The van der Waals surface area contributed by atoms with Gasteiger partial charge < -0.3 is 10.2 Å². The van der Waals surface area contributed by atoms with Crippen LogP contribution in [0.3, 0.4) is 0 Å². The first kappa shape index (κ1) is 16.2. The maximum absolute atomic E-state index is 13.8. The fourth-order valence-corrected chi connectivity index (χ4v) is 2.01. The van der Waals surface area contributed by atoms with Gasteiger partial charge in [0.2, 0.25) is 11.8 Å². The van der Waals surface area contributed by atoms with Crippen LogP contribution in [0, 0.1) is 17.1 Å². The first-order chi connectivity index (χ1) is 11.0. The van der Waals surface area contributed by atoms with Gasteiger partial charge in [-0.3, -0.25) is 9.59 Å². The number of carbonyl (C=O) groups is 2. The van der Waals surface area contributed by atoms with Gasteiger partial charge in [-0.05, 0) is 36.4 Å². The summed E-state index contributed by atoms with van der Waals surface area (Å²) >= 11 is 0. The second-order valence-corrected chi connectivity index (χ2v) is 4.79. The highest BCUT2D eigenvalue weighted by atomic mass is 19.1. The van der Waals surface area contributed by atoms with Gasteiger partial charge in [0.1, 0.15) is 12.4 Å². The molecule has 0 radical (unpaired) electrons. The van der Waals surface area contributed by atoms with E-state index >= 15 is 0 Å². The summed E-state index contributed by atoms with van der Waals surface area (Å²) in [4.78, 5) is 24.8. The summed E-state index contributed by atoms with van der Waals surface area (Å²) in [5.41, 5.74) is 1.01. The van der Waals surface area contributed by atoms with Crippen LogP contribution in [0.2, 0.25) is 0 Å². The van der Waals surface area contributed by atoms with Crippen molar-refractivity contribution in [1.29, 1.82) is 5.26 Å². The Hall–Kier alpha value is -3.20. The van der Waals surface area contributed by atoms with Gasteiger partial charge in [0.25, 0.3) is 0 Å². The molecular weight excluding hydrogens is 297 g/mol. The monoisotopic (exact) mass is 311 g/mol. The van der Waals surface area contributed by atoms with Gasteiger partial charge in [-0.15, -0.1) is 0 Å². The molecule has 2 aromatic carbocycles. The second kappa shape index (κ2) is 7.18. The third kappa shape index (κ3) is 4.14. The lowest BCUT2D eigenvalue weighted by Gasteiger charge is -2.21. The molecule has 2 rings (SSSR count). The minimum atomic E-state index is -0.575. The molecule has 0 aromatic heterocycles. The molecule has 5 nitrogen and oxygen atoms in total. The molecule has 2 aromatic rings. The molecule has 23 heavy (non-hydrogen) atoms. The quantitative estimate of drug-likeness (QED) is 0.943. The highest BCUT2D eigenvalue weighted by Crippen LogP contribution is 2.19. The molecule has 0 spiro atoms. The number of halogens is 1. The SMILES string of the molecule is CC(=O)N(CC(=O)Nc1ccc(C#N)cc1)c1ccccc1F. The zero-order valence-electron chi connectivity index (χ0n) is 12.4. The largest absolute Gasteiger partial charge is 0.325 e. The summed E-state index contributed by atoms with van der Waals surface area (Å²) in [5.74, 6) is -1.48. The van der Waals surface area contributed by atoms with E-state index in [2.05, 4.69) is 5.32 Å². The molecule has 1 N–H and O–H groups in total. The van der Waals surface area contributed by atoms with Crippen molar-refractivity contribution in [2.24, 2.45) is 0 Å². The normalized spacial score (nSPS) is 9.78. The molecule has 6 heteroatoms. The number of hydrogen-bond donors (Lipinski definition) is 1. The Kier molecular flexibility index (Phi) is 5.05. The average molecular weight is 311 g/mol. The molecule has 0 aliphatic carbocycles. The Morgan fingerprint density at radius 1 is 1.17 bits per heavy atom. The van der Waals surface area contributed by atoms with E-state index in [0.29, 0.717) is 11.3 Å². The number of anilines is 2. The van der Waals surface area contributed by atoms with E-state index in [1.807, 2.05) is 6.07 Å². The third-order valence-corrected chi connectivity index (χ3v) is 3.12. The van der Waals surface area contributed by atoms with Gasteiger partial charge in [-0.25, -0.2) is 4.39 Å². The first-order valence-corrected chi connectivity index (χ1v) is 6.84. The fraction of sp³-hybridized carbons (Fsp3) is 0.118. The summed E-state index contributed by atoms with van der Waals surface area (Å²) in [6.07, 6.45) is 0. The van der Waals surface area contributed by atoms with Gasteiger partial charge >= 0.3 is 0 Å². The van der Waals surface area contributed by atoms with E-state index in [1.165, 1.54) is 25.1 Å². The molecule has 2 amide bonds. The van der Waals surface area contributed by atoms with Crippen LogP contribution in [-0.2, 0) is 9.59 Å². The van der Waals surface area contributed by atoms with E-state index in [0.717, 1.165) is 4.90 Å². The number of benzene rings is 2. The van der Waals surface area contributed by atoms with E-state index < -0.39 is 17.6 Å². The van der Waals surface area contributed by atoms with Crippen molar-refractivity contribution >= 4 is 23.2 Å². The summed E-state index contributed by atoms with van der Waals surface area (Å²) in [6.45, 7) is 0.956. The zero-order valence-corrected chi connectivity index (χ0v) is 12.4. The molecule has 116 valence electrons. The summed E-state index contributed by atoms with van der Waals surface area (Å²) in [6, 6.07) is 14.0. The van der Waals surface area contributed by atoms with E-state index in [1.54, 1.807) is 30.3 Å². The number of amides is 2. The summed E-state index contributed by atoms with van der Waals surface area (Å²) in [7, 11) is 0. The van der Waals surface area contributed by atoms with Gasteiger partial charge in [0, 0.05) is 12.6 Å². The number of nitrogens with zero attached hydrogens (tertiary/aromatic N) is 2. The lowest BCUT2D eigenvalue weighted by atomic mass is 10.2. The minimum Gasteiger partial charge on any atom is -0.325 e. The van der Waals surface area contributed by atoms with Gasteiger partial charge in [0.15, 0.2) is 0 Å². The van der Waals surface area contributed by atoms with Gasteiger partial charge in [0.05, 0.1) is 17.3 Å². The first-order valence-electron chi connectivity index (χ1n) is 6.84. The molecule has 0 aliphatic rings. The molecule has 0 saturated heterocycles. The summed E-state index contributed by atoms with van der Waals surface area (Å²) < 4.78 is 13.8. The molecule has 0 fully saturated rings. The smallest absolute Gasteiger partial charge is 0.244 e. The number of hydrogen-bond acceptors (Lipinski definition) is 3. The van der Waals surface area contributed by atoms with Crippen LogP contribution in [0.25, 0.3) is 0 Å². The molecule has 0 bridgehead atoms. The lowest BCUT2D eigenvalue weighted by molar-refractivity contribution is -0.120. The van der Waals surface area contributed by atoms with Crippen molar-refractivity contribution in [2.75, 3.05) is 16.8 Å². The topological polar surface area (TPSA) is 73.2 Å². The summed E-state index contributed by atoms with van der Waals surface area (Å²) in [5, 5.41) is 11.3. The Bertz CT molecular complexity index is 766. The Labute approximate surface area is 133 Å². The van der Waals surface area contributed by atoms with E-state index in [9.17, 15) is 14.0 Å². The van der Waals surface area contributed by atoms with Gasteiger partial charge in [-0.2, -0.15) is 5.26 Å². The van der Waals surface area contributed by atoms with Crippen LogP contribution in [-0.4, -0.2) is 18.4 Å². The fourth-order valence-electron chi connectivity index (χ4n) is 2.01.